The van der Waals surface area contributed by atoms with Crippen LogP contribution in [0.5, 0.6) is 0 Å². The standard InChI is InChI=1S/C29H32N6O3S/c1-28(2)19-35(39(37,38)24-8-4-6-20-7-5-15-30-25(20)24)26-23(28)18-31-27(33-26)32-21-9-11-22(12-10-21)34-16-13-29(3,36)14-17-34/h4-12,15,18,36H,13-14,16-17,19H2,1-3H3,(H,31,32,33). The van der Waals surface area contributed by atoms with Gasteiger partial charge in [0.1, 0.15) is 4.90 Å². The Kier molecular flexibility index (Phi) is 6.00. The van der Waals surface area contributed by atoms with Crippen LogP contribution in [0.25, 0.3) is 10.9 Å². The van der Waals surface area contributed by atoms with Crippen molar-refractivity contribution < 1.29 is 13.5 Å². The molecule has 39 heavy (non-hydrogen) atoms. The number of hydrogen-bond acceptors (Lipinski definition) is 8. The molecule has 2 aliphatic rings. The van der Waals surface area contributed by atoms with Gasteiger partial charge in [-0.1, -0.05) is 32.0 Å². The van der Waals surface area contributed by atoms with Crippen LogP contribution >= 0.6 is 0 Å². The molecule has 2 aliphatic heterocycles. The van der Waals surface area contributed by atoms with Crippen molar-refractivity contribution in [1.29, 1.82) is 0 Å². The van der Waals surface area contributed by atoms with Crippen LogP contribution in [0.15, 0.2) is 71.9 Å². The number of anilines is 4. The second-order valence-electron chi connectivity index (χ2n) is 11.3. The van der Waals surface area contributed by atoms with Gasteiger partial charge in [-0.15, -0.1) is 0 Å². The molecule has 2 N–H and O–H groups in total. The second-order valence-corrected chi connectivity index (χ2v) is 13.1. The first kappa shape index (κ1) is 25.5. The lowest BCUT2D eigenvalue weighted by Gasteiger charge is -2.37. The van der Waals surface area contributed by atoms with Gasteiger partial charge >= 0.3 is 0 Å². The lowest BCUT2D eigenvalue weighted by atomic mass is 9.89. The van der Waals surface area contributed by atoms with E-state index in [9.17, 15) is 13.5 Å². The first-order valence-corrected chi connectivity index (χ1v) is 14.6. The van der Waals surface area contributed by atoms with E-state index in [4.69, 9.17) is 4.98 Å². The van der Waals surface area contributed by atoms with Gasteiger partial charge in [0.15, 0.2) is 5.82 Å². The van der Waals surface area contributed by atoms with Gasteiger partial charge in [-0.2, -0.15) is 4.98 Å². The molecule has 0 amide bonds. The number of aromatic nitrogens is 3. The zero-order chi connectivity index (χ0) is 27.4. The van der Waals surface area contributed by atoms with E-state index in [2.05, 4.69) is 20.2 Å². The second kappa shape index (κ2) is 9.17. The lowest BCUT2D eigenvalue weighted by Crippen LogP contribution is -2.42. The maximum absolute atomic E-state index is 14.0. The molecule has 0 unspecified atom stereocenters. The summed E-state index contributed by atoms with van der Waals surface area (Å²) >= 11 is 0. The number of sulfonamides is 1. The number of rotatable bonds is 5. The van der Waals surface area contributed by atoms with Gasteiger partial charge < -0.3 is 15.3 Å². The average molecular weight is 545 g/mol. The van der Waals surface area contributed by atoms with Crippen molar-refractivity contribution in [3.05, 3.63) is 72.6 Å². The Bertz CT molecular complexity index is 1640. The van der Waals surface area contributed by atoms with E-state index in [1.165, 1.54) is 4.31 Å². The fraction of sp³-hybridized carbons (Fsp3) is 0.345. The van der Waals surface area contributed by atoms with Gasteiger partial charge in [0.05, 0.1) is 11.1 Å². The quantitative estimate of drug-likeness (QED) is 0.375. The maximum atomic E-state index is 14.0. The molecule has 0 bridgehead atoms. The van der Waals surface area contributed by atoms with Crippen molar-refractivity contribution in [3.63, 3.8) is 0 Å². The normalized spacial score (nSPS) is 18.3. The first-order valence-electron chi connectivity index (χ1n) is 13.1. The Labute approximate surface area is 228 Å². The molecule has 4 heterocycles. The molecule has 2 aromatic heterocycles. The molecule has 1 saturated heterocycles. The summed E-state index contributed by atoms with van der Waals surface area (Å²) < 4.78 is 29.3. The summed E-state index contributed by atoms with van der Waals surface area (Å²) in [5, 5.41) is 14.2. The highest BCUT2D eigenvalue weighted by Crippen LogP contribution is 2.42. The third kappa shape index (κ3) is 4.68. The molecule has 6 rings (SSSR count). The van der Waals surface area contributed by atoms with Gasteiger partial charge in [0, 0.05) is 59.8 Å². The number of para-hydroxylation sites is 1. The summed E-state index contributed by atoms with van der Waals surface area (Å²) in [7, 11) is -3.94. The van der Waals surface area contributed by atoms with E-state index in [0.717, 1.165) is 48.3 Å². The fourth-order valence-electron chi connectivity index (χ4n) is 5.35. The molecule has 9 nitrogen and oxygen atoms in total. The number of fused-ring (bicyclic) bond motifs is 2. The number of hydrogen-bond donors (Lipinski definition) is 2. The van der Waals surface area contributed by atoms with E-state index >= 15 is 0 Å². The smallest absolute Gasteiger partial charge is 0.267 e. The van der Waals surface area contributed by atoms with Crippen LogP contribution in [-0.2, 0) is 15.4 Å². The highest BCUT2D eigenvalue weighted by Gasteiger charge is 2.43. The molecule has 1 fully saturated rings. The topological polar surface area (TPSA) is 112 Å². The molecule has 202 valence electrons. The molecule has 0 spiro atoms. The van der Waals surface area contributed by atoms with Crippen molar-refractivity contribution in [2.24, 2.45) is 0 Å². The summed E-state index contributed by atoms with van der Waals surface area (Å²) in [6.07, 6.45) is 4.80. The molecule has 0 radical (unpaired) electrons. The van der Waals surface area contributed by atoms with Crippen LogP contribution in [0.3, 0.4) is 0 Å². The van der Waals surface area contributed by atoms with Crippen LogP contribution in [-0.4, -0.2) is 53.7 Å². The predicted molar refractivity (Wildman–Crippen MR) is 153 cm³/mol. The molecular formula is C29H32N6O3S. The highest BCUT2D eigenvalue weighted by molar-refractivity contribution is 7.93. The van der Waals surface area contributed by atoms with Crippen LogP contribution in [0, 0.1) is 0 Å². The average Bonchev–Trinajstić information content (AvgIpc) is 3.19. The molecule has 0 atom stereocenters. The molecule has 2 aromatic carbocycles. The summed E-state index contributed by atoms with van der Waals surface area (Å²) in [6, 6.07) is 16.8. The Morgan fingerprint density at radius 2 is 1.67 bits per heavy atom. The van der Waals surface area contributed by atoms with Crippen molar-refractivity contribution in [2.75, 3.05) is 34.2 Å². The minimum Gasteiger partial charge on any atom is -0.390 e. The first-order chi connectivity index (χ1) is 18.5. The minimum absolute atomic E-state index is 0.159. The van der Waals surface area contributed by atoms with Crippen LogP contribution in [0.1, 0.15) is 39.2 Å². The summed E-state index contributed by atoms with van der Waals surface area (Å²) in [4.78, 5) is 16.0. The highest BCUT2D eigenvalue weighted by atomic mass is 32.2. The monoisotopic (exact) mass is 544 g/mol. The third-order valence-electron chi connectivity index (χ3n) is 7.77. The maximum Gasteiger partial charge on any atom is 0.267 e. The molecule has 4 aromatic rings. The number of nitrogens with one attached hydrogen (secondary N) is 1. The molecular weight excluding hydrogens is 512 g/mol. The third-order valence-corrected chi connectivity index (χ3v) is 9.53. The molecule has 0 aliphatic carbocycles. The Hall–Kier alpha value is -3.76. The van der Waals surface area contributed by atoms with E-state index in [1.807, 2.05) is 57.2 Å². The van der Waals surface area contributed by atoms with Gasteiger partial charge in [-0.05, 0) is 56.2 Å². The summed E-state index contributed by atoms with van der Waals surface area (Å²) in [6.45, 7) is 7.75. The summed E-state index contributed by atoms with van der Waals surface area (Å²) in [5.74, 6) is 0.701. The van der Waals surface area contributed by atoms with Gasteiger partial charge in [0.2, 0.25) is 5.95 Å². The number of piperidine rings is 1. The van der Waals surface area contributed by atoms with E-state index < -0.39 is 21.0 Å². The minimum atomic E-state index is -3.94. The molecule has 10 heteroatoms. The molecule has 0 saturated carbocycles. The largest absolute Gasteiger partial charge is 0.390 e. The predicted octanol–water partition coefficient (Wildman–Crippen LogP) is 4.61. The van der Waals surface area contributed by atoms with Crippen LogP contribution in [0.2, 0.25) is 0 Å². The van der Waals surface area contributed by atoms with Crippen molar-refractivity contribution in [3.8, 4) is 0 Å². The van der Waals surface area contributed by atoms with Crippen LogP contribution in [0.4, 0.5) is 23.1 Å². The van der Waals surface area contributed by atoms with E-state index in [1.54, 1.807) is 30.6 Å². The Balaban J connectivity index is 1.29. The van der Waals surface area contributed by atoms with E-state index in [0.29, 0.717) is 17.3 Å². The zero-order valence-corrected chi connectivity index (χ0v) is 23.1. The number of pyridine rings is 1. The van der Waals surface area contributed by atoms with E-state index in [-0.39, 0.29) is 11.4 Å². The number of benzene rings is 2. The van der Waals surface area contributed by atoms with Crippen molar-refractivity contribution in [1.82, 2.24) is 15.0 Å². The summed E-state index contributed by atoms with van der Waals surface area (Å²) in [5.41, 5.74) is 2.06. The zero-order valence-electron chi connectivity index (χ0n) is 22.3. The van der Waals surface area contributed by atoms with Crippen molar-refractivity contribution in [2.45, 2.75) is 49.5 Å². The van der Waals surface area contributed by atoms with Crippen molar-refractivity contribution >= 4 is 44.1 Å². The SMILES string of the molecule is CC1(O)CCN(c2ccc(Nc3ncc4c(n3)N(S(=O)(=O)c3cccc5cccnc35)CC4(C)C)cc2)CC1. The number of nitrogens with zero attached hydrogens (tertiary/aromatic N) is 5. The van der Waals surface area contributed by atoms with Gasteiger partial charge in [-0.25, -0.2) is 17.7 Å². The van der Waals surface area contributed by atoms with Gasteiger partial charge in [-0.3, -0.25) is 4.98 Å². The van der Waals surface area contributed by atoms with Crippen LogP contribution < -0.4 is 14.5 Å². The number of aliphatic hydroxyl groups is 1. The lowest BCUT2D eigenvalue weighted by molar-refractivity contribution is 0.0351. The Morgan fingerprint density at radius 3 is 2.41 bits per heavy atom. The van der Waals surface area contributed by atoms with Gasteiger partial charge in [0.25, 0.3) is 10.0 Å². The fourth-order valence-corrected chi connectivity index (χ4v) is 7.12. The Morgan fingerprint density at radius 1 is 0.949 bits per heavy atom.